The van der Waals surface area contributed by atoms with Gasteiger partial charge < -0.3 is 9.84 Å². The maximum Gasteiger partial charge on any atom is 0.291 e. The molecule has 0 fully saturated rings. The summed E-state index contributed by atoms with van der Waals surface area (Å²) in [6, 6.07) is 4.85. The number of benzene rings is 1. The lowest BCUT2D eigenvalue weighted by Crippen LogP contribution is -2.18. The van der Waals surface area contributed by atoms with E-state index in [0.29, 0.717) is 15.8 Å². The van der Waals surface area contributed by atoms with Crippen molar-refractivity contribution in [3.63, 3.8) is 0 Å². The summed E-state index contributed by atoms with van der Waals surface area (Å²) in [5, 5.41) is 20.0. The Morgan fingerprint density at radius 1 is 1.52 bits per heavy atom. The molecule has 3 N–H and O–H groups in total. The number of aryl methyl sites for hydroxylation is 1. The molecule has 2 aromatic rings. The van der Waals surface area contributed by atoms with E-state index in [1.807, 2.05) is 0 Å². The Kier molecular flexibility index (Phi) is 4.59. The van der Waals surface area contributed by atoms with E-state index in [2.05, 4.69) is 36.7 Å². The summed E-state index contributed by atoms with van der Waals surface area (Å²) >= 11 is 3.20. The van der Waals surface area contributed by atoms with E-state index in [4.69, 9.17) is 4.74 Å². The second-order valence-electron chi connectivity index (χ2n) is 4.19. The van der Waals surface area contributed by atoms with Crippen molar-refractivity contribution >= 4 is 28.1 Å². The van der Waals surface area contributed by atoms with Gasteiger partial charge in [-0.1, -0.05) is 0 Å². The highest BCUT2D eigenvalue weighted by molar-refractivity contribution is 9.10. The lowest BCUT2D eigenvalue weighted by atomic mass is 10.2. The topological polar surface area (TPSA) is 99.6 Å². The molecule has 1 heterocycles. The number of hydrogen-bond donors (Lipinski definition) is 3. The predicted octanol–water partition coefficient (Wildman–Crippen LogP) is 1.96. The van der Waals surface area contributed by atoms with Crippen LogP contribution in [0.5, 0.6) is 11.5 Å². The smallest absolute Gasteiger partial charge is 0.291 e. The first-order chi connectivity index (χ1) is 10.0. The molecule has 0 unspecified atom stereocenters. The van der Waals surface area contributed by atoms with Gasteiger partial charge in [0.1, 0.15) is 0 Å². The Labute approximate surface area is 129 Å². The third-order valence-electron chi connectivity index (χ3n) is 2.59. The molecule has 1 amide bonds. The zero-order chi connectivity index (χ0) is 15.4. The third-order valence-corrected chi connectivity index (χ3v) is 3.19. The van der Waals surface area contributed by atoms with Gasteiger partial charge >= 0.3 is 0 Å². The fourth-order valence-corrected chi connectivity index (χ4v) is 2.04. The number of phenols is 1. The number of phenolic OH excluding ortho intramolecular Hbond substituents is 1. The molecule has 0 aliphatic rings. The Balaban J connectivity index is 2.08. The average Bonchev–Trinajstić information content (AvgIpc) is 2.89. The molecule has 1 aromatic carbocycles. The first-order valence-electron chi connectivity index (χ1n) is 5.93. The molecule has 110 valence electrons. The minimum Gasteiger partial charge on any atom is -0.503 e. The molecule has 0 aliphatic heterocycles. The van der Waals surface area contributed by atoms with Gasteiger partial charge in [-0.3, -0.25) is 9.89 Å². The van der Waals surface area contributed by atoms with Crippen LogP contribution in [0, 0.1) is 6.92 Å². The molecular weight excluding hydrogens is 340 g/mol. The number of rotatable bonds is 4. The predicted molar refractivity (Wildman–Crippen MR) is 80.7 cm³/mol. The number of amides is 1. The van der Waals surface area contributed by atoms with Gasteiger partial charge in [0.2, 0.25) is 0 Å². The van der Waals surface area contributed by atoms with Gasteiger partial charge in [-0.05, 0) is 46.6 Å². The minimum atomic E-state index is -0.416. The monoisotopic (exact) mass is 352 g/mol. The highest BCUT2D eigenvalue weighted by atomic mass is 79.9. The average molecular weight is 353 g/mol. The number of H-pyrrole nitrogens is 1. The van der Waals surface area contributed by atoms with E-state index < -0.39 is 5.91 Å². The number of aromatic hydroxyl groups is 1. The Bertz CT molecular complexity index is 697. The summed E-state index contributed by atoms with van der Waals surface area (Å²) in [5.41, 5.74) is 4.06. The second-order valence-corrected chi connectivity index (χ2v) is 5.04. The highest BCUT2D eigenvalue weighted by Gasteiger charge is 2.09. The van der Waals surface area contributed by atoms with Gasteiger partial charge in [0.25, 0.3) is 5.91 Å². The third kappa shape index (κ3) is 3.60. The number of carbonyl (C=O) groups is 1. The van der Waals surface area contributed by atoms with Crippen molar-refractivity contribution in [2.24, 2.45) is 5.10 Å². The van der Waals surface area contributed by atoms with Gasteiger partial charge in [-0.15, -0.1) is 0 Å². The molecule has 0 saturated carbocycles. The summed E-state index contributed by atoms with van der Waals surface area (Å²) in [6.07, 6.45) is 1.43. The zero-order valence-electron chi connectivity index (χ0n) is 11.3. The summed E-state index contributed by atoms with van der Waals surface area (Å²) in [6.45, 7) is 1.80. The van der Waals surface area contributed by atoms with Gasteiger partial charge in [-0.25, -0.2) is 5.43 Å². The number of ether oxygens (including phenoxy) is 1. The van der Waals surface area contributed by atoms with Crippen molar-refractivity contribution in [3.8, 4) is 11.5 Å². The first-order valence-corrected chi connectivity index (χ1v) is 6.72. The van der Waals surface area contributed by atoms with Crippen LogP contribution in [-0.2, 0) is 0 Å². The van der Waals surface area contributed by atoms with E-state index in [1.54, 1.807) is 25.1 Å². The van der Waals surface area contributed by atoms with Crippen molar-refractivity contribution in [1.82, 2.24) is 15.6 Å². The summed E-state index contributed by atoms with van der Waals surface area (Å²) in [5.74, 6) is -0.105. The van der Waals surface area contributed by atoms with Crippen LogP contribution in [0.25, 0.3) is 0 Å². The molecule has 21 heavy (non-hydrogen) atoms. The van der Waals surface area contributed by atoms with Crippen molar-refractivity contribution in [2.75, 3.05) is 7.11 Å². The number of aromatic amines is 1. The fourth-order valence-electron chi connectivity index (χ4n) is 1.58. The maximum atomic E-state index is 11.7. The SMILES string of the molecule is COc1cc(C=NNC(=O)c2cc(C)[nH]n2)cc(Br)c1O. The van der Waals surface area contributed by atoms with Gasteiger partial charge in [0.15, 0.2) is 17.2 Å². The van der Waals surface area contributed by atoms with Crippen LogP contribution in [0.3, 0.4) is 0 Å². The largest absolute Gasteiger partial charge is 0.503 e. The van der Waals surface area contributed by atoms with Crippen molar-refractivity contribution in [3.05, 3.63) is 39.6 Å². The van der Waals surface area contributed by atoms with E-state index >= 15 is 0 Å². The molecule has 0 saturated heterocycles. The number of carbonyl (C=O) groups excluding carboxylic acids is 1. The van der Waals surface area contributed by atoms with E-state index in [-0.39, 0.29) is 11.4 Å². The lowest BCUT2D eigenvalue weighted by molar-refractivity contribution is 0.0950. The molecule has 0 atom stereocenters. The Hall–Kier alpha value is -2.35. The molecule has 1 aromatic heterocycles. The molecular formula is C13H13BrN4O3. The lowest BCUT2D eigenvalue weighted by Gasteiger charge is -2.06. The quantitative estimate of drug-likeness (QED) is 0.578. The van der Waals surface area contributed by atoms with Crippen molar-refractivity contribution in [2.45, 2.75) is 6.92 Å². The maximum absolute atomic E-state index is 11.7. The number of hydrogen-bond acceptors (Lipinski definition) is 5. The molecule has 0 radical (unpaired) electrons. The number of halogens is 1. The summed E-state index contributed by atoms with van der Waals surface area (Å²) in [4.78, 5) is 11.7. The van der Waals surface area contributed by atoms with Crippen LogP contribution < -0.4 is 10.2 Å². The van der Waals surface area contributed by atoms with Gasteiger partial charge in [-0.2, -0.15) is 10.2 Å². The van der Waals surface area contributed by atoms with Crippen LogP contribution >= 0.6 is 15.9 Å². The van der Waals surface area contributed by atoms with Crippen LogP contribution in [0.2, 0.25) is 0 Å². The zero-order valence-corrected chi connectivity index (χ0v) is 12.9. The number of nitrogens with zero attached hydrogens (tertiary/aromatic N) is 2. The van der Waals surface area contributed by atoms with Crippen molar-refractivity contribution < 1.29 is 14.6 Å². The van der Waals surface area contributed by atoms with Crippen LogP contribution in [0.4, 0.5) is 0 Å². The molecule has 0 bridgehead atoms. The number of aromatic nitrogens is 2. The van der Waals surface area contributed by atoms with Gasteiger partial charge in [0.05, 0.1) is 17.8 Å². The van der Waals surface area contributed by atoms with Crippen LogP contribution in [0.1, 0.15) is 21.7 Å². The normalized spacial score (nSPS) is 10.8. The summed E-state index contributed by atoms with van der Waals surface area (Å²) < 4.78 is 5.49. The summed E-state index contributed by atoms with van der Waals surface area (Å²) in [7, 11) is 1.45. The Morgan fingerprint density at radius 2 is 2.29 bits per heavy atom. The molecule has 8 heteroatoms. The fraction of sp³-hybridized carbons (Fsp3) is 0.154. The number of methoxy groups -OCH3 is 1. The van der Waals surface area contributed by atoms with Crippen molar-refractivity contribution in [1.29, 1.82) is 0 Å². The number of nitrogens with one attached hydrogen (secondary N) is 2. The van der Waals surface area contributed by atoms with Crippen LogP contribution in [-0.4, -0.2) is 34.5 Å². The highest BCUT2D eigenvalue weighted by Crippen LogP contribution is 2.34. The van der Waals surface area contributed by atoms with E-state index in [0.717, 1.165) is 5.69 Å². The van der Waals surface area contributed by atoms with Gasteiger partial charge in [0, 0.05) is 5.69 Å². The van der Waals surface area contributed by atoms with E-state index in [9.17, 15) is 9.90 Å². The Morgan fingerprint density at radius 3 is 2.90 bits per heavy atom. The standard InChI is InChI=1S/C13H13BrN4O3/c1-7-3-10(17-16-7)13(20)18-15-6-8-4-9(14)12(19)11(5-8)21-2/h3-6,19H,1-2H3,(H,16,17)(H,18,20). The molecule has 0 aliphatic carbocycles. The van der Waals surface area contributed by atoms with E-state index in [1.165, 1.54) is 13.3 Å². The molecule has 0 spiro atoms. The minimum absolute atomic E-state index is 0.00526. The van der Waals surface area contributed by atoms with Crippen LogP contribution in [0.15, 0.2) is 27.8 Å². The number of hydrazone groups is 1. The molecule has 7 nitrogen and oxygen atoms in total. The molecule has 2 rings (SSSR count). The first kappa shape index (κ1) is 15.0. The second kappa shape index (κ2) is 6.40.